The summed E-state index contributed by atoms with van der Waals surface area (Å²) in [4.78, 5) is 28.1. The minimum absolute atomic E-state index is 0. The number of amidine groups is 1. The minimum atomic E-state index is -0.146. The third-order valence-corrected chi connectivity index (χ3v) is 5.17. The molecule has 3 N–H and O–H groups in total. The van der Waals surface area contributed by atoms with Crippen LogP contribution in [0.1, 0.15) is 54.2 Å². The Morgan fingerprint density at radius 2 is 1.87 bits per heavy atom. The number of nitrogens with two attached hydrogens (primary N) is 1. The first kappa shape index (κ1) is 23.7. The van der Waals surface area contributed by atoms with E-state index in [0.29, 0.717) is 16.8 Å². The highest BCUT2D eigenvalue weighted by Crippen LogP contribution is 2.18. The van der Waals surface area contributed by atoms with Crippen LogP contribution in [0.2, 0.25) is 0 Å². The topological polar surface area (TPSA) is 90.5 Å². The number of carbonyl (C=O) groups is 2. The van der Waals surface area contributed by atoms with Crippen LogP contribution in [0.25, 0.3) is 0 Å². The van der Waals surface area contributed by atoms with Gasteiger partial charge in [-0.05, 0) is 55.7 Å². The number of benzene rings is 2. The normalized spacial score (nSPS) is 12.4. The molecule has 0 atom stereocenters. The maximum atomic E-state index is 12.6. The molecule has 1 aliphatic heterocycles. The predicted molar refractivity (Wildman–Crippen MR) is 125 cm³/mol. The van der Waals surface area contributed by atoms with Crippen LogP contribution in [0, 0.1) is 24.2 Å². The highest BCUT2D eigenvalue weighted by Gasteiger charge is 2.20. The van der Waals surface area contributed by atoms with Gasteiger partial charge in [-0.3, -0.25) is 15.0 Å². The lowest BCUT2D eigenvalue weighted by molar-refractivity contribution is -0.116. The number of rotatable bonds is 4. The molecule has 6 heteroatoms. The van der Waals surface area contributed by atoms with E-state index in [2.05, 4.69) is 11.8 Å². The van der Waals surface area contributed by atoms with Gasteiger partial charge in [-0.25, -0.2) is 0 Å². The fourth-order valence-electron chi connectivity index (χ4n) is 3.52. The predicted octanol–water partition coefficient (Wildman–Crippen LogP) is 3.56. The number of carbonyl (C=O) groups excluding carboxylic acids is 2. The van der Waals surface area contributed by atoms with Crippen molar-refractivity contribution in [3.8, 4) is 11.8 Å². The first-order valence-corrected chi connectivity index (χ1v) is 9.98. The first-order chi connectivity index (χ1) is 14.4. The Hall–Kier alpha value is -3.59. The Balaban J connectivity index is 0.00000341. The number of nitrogen functional groups attached to an aromatic ring is 1. The Labute approximate surface area is 184 Å². The second-order valence-electron chi connectivity index (χ2n) is 7.40. The number of nitrogens with one attached hydrogen (secondary N) is 1. The molecule has 1 fully saturated rings. The SMILES string of the molecule is C.CC(=O)N(CC#Cc1ccc(C(=O)N2CCCC2)c(C)c1)c1cccc(C(=N)N)c1. The lowest BCUT2D eigenvalue weighted by atomic mass is 10.0. The molecule has 0 saturated carbocycles. The van der Waals surface area contributed by atoms with Crippen molar-refractivity contribution < 1.29 is 9.59 Å². The van der Waals surface area contributed by atoms with Gasteiger partial charge in [0.05, 0.1) is 6.54 Å². The molecular weight excluding hydrogens is 388 g/mol. The van der Waals surface area contributed by atoms with Crippen LogP contribution < -0.4 is 10.6 Å². The molecule has 0 aromatic heterocycles. The van der Waals surface area contributed by atoms with E-state index in [4.69, 9.17) is 11.1 Å². The summed E-state index contributed by atoms with van der Waals surface area (Å²) in [5.74, 6) is 6.00. The molecular formula is C25H30N4O2. The van der Waals surface area contributed by atoms with Gasteiger partial charge in [-0.1, -0.05) is 31.4 Å². The Morgan fingerprint density at radius 3 is 2.48 bits per heavy atom. The summed E-state index contributed by atoms with van der Waals surface area (Å²) < 4.78 is 0. The summed E-state index contributed by atoms with van der Waals surface area (Å²) in [6.45, 7) is 5.26. The van der Waals surface area contributed by atoms with Crippen molar-refractivity contribution in [1.29, 1.82) is 5.41 Å². The van der Waals surface area contributed by atoms with Gasteiger partial charge in [0.15, 0.2) is 0 Å². The molecule has 3 rings (SSSR count). The number of hydrogen-bond donors (Lipinski definition) is 2. The number of hydrogen-bond acceptors (Lipinski definition) is 3. The van der Waals surface area contributed by atoms with E-state index < -0.39 is 0 Å². The van der Waals surface area contributed by atoms with E-state index in [1.165, 1.54) is 11.8 Å². The highest BCUT2D eigenvalue weighted by molar-refractivity contribution is 5.98. The molecule has 6 nitrogen and oxygen atoms in total. The molecule has 2 aromatic rings. The maximum Gasteiger partial charge on any atom is 0.254 e. The number of nitrogens with zero attached hydrogens (tertiary/aromatic N) is 2. The molecule has 1 heterocycles. The summed E-state index contributed by atoms with van der Waals surface area (Å²) in [6, 6.07) is 12.6. The summed E-state index contributed by atoms with van der Waals surface area (Å²) in [6.07, 6.45) is 2.13. The molecule has 2 aromatic carbocycles. The van der Waals surface area contributed by atoms with Gasteiger partial charge in [-0.15, -0.1) is 0 Å². The molecule has 1 saturated heterocycles. The lowest BCUT2D eigenvalue weighted by Crippen LogP contribution is -2.29. The Bertz CT molecular complexity index is 1040. The average Bonchev–Trinajstić information content (AvgIpc) is 3.25. The van der Waals surface area contributed by atoms with Crippen molar-refractivity contribution in [2.24, 2.45) is 5.73 Å². The van der Waals surface area contributed by atoms with E-state index in [9.17, 15) is 9.59 Å². The lowest BCUT2D eigenvalue weighted by Gasteiger charge is -2.19. The molecule has 0 spiro atoms. The van der Waals surface area contributed by atoms with E-state index in [1.807, 2.05) is 30.0 Å². The summed E-state index contributed by atoms with van der Waals surface area (Å²) >= 11 is 0. The second kappa shape index (κ2) is 10.4. The van der Waals surface area contributed by atoms with Crippen LogP contribution >= 0.6 is 0 Å². The molecule has 2 amide bonds. The van der Waals surface area contributed by atoms with Gasteiger partial charge in [0.1, 0.15) is 5.84 Å². The maximum absolute atomic E-state index is 12.6. The smallest absolute Gasteiger partial charge is 0.254 e. The quantitative estimate of drug-likeness (QED) is 0.452. The standard InChI is InChI=1S/C24H26N4O2.CH4/c1-17-15-19(10-11-22(17)24(30)27-12-3-4-13-27)7-6-14-28(18(2)29)21-9-5-8-20(16-21)23(25)26;/h5,8-11,15-16H,3-4,12-14H2,1-2H3,(H3,25,26);1H4. The monoisotopic (exact) mass is 418 g/mol. The van der Waals surface area contributed by atoms with Crippen molar-refractivity contribution in [3.63, 3.8) is 0 Å². The van der Waals surface area contributed by atoms with Crippen LogP contribution in [-0.4, -0.2) is 42.2 Å². The van der Waals surface area contributed by atoms with E-state index in [1.54, 1.807) is 24.3 Å². The zero-order chi connectivity index (χ0) is 21.7. The fraction of sp³-hybridized carbons (Fsp3) is 0.320. The van der Waals surface area contributed by atoms with E-state index in [-0.39, 0.29) is 31.6 Å². The number of likely N-dealkylation sites (tertiary alicyclic amines) is 1. The van der Waals surface area contributed by atoms with Crippen LogP contribution in [0.4, 0.5) is 5.69 Å². The van der Waals surface area contributed by atoms with Gasteiger partial charge in [-0.2, -0.15) is 0 Å². The second-order valence-corrected chi connectivity index (χ2v) is 7.40. The van der Waals surface area contributed by atoms with E-state index >= 15 is 0 Å². The average molecular weight is 419 g/mol. The van der Waals surface area contributed by atoms with Crippen molar-refractivity contribution in [3.05, 3.63) is 64.7 Å². The van der Waals surface area contributed by atoms with Gasteiger partial charge < -0.3 is 15.5 Å². The first-order valence-electron chi connectivity index (χ1n) is 9.98. The van der Waals surface area contributed by atoms with Crippen LogP contribution in [0.5, 0.6) is 0 Å². The molecule has 1 aliphatic rings. The number of anilines is 1. The third-order valence-electron chi connectivity index (χ3n) is 5.17. The van der Waals surface area contributed by atoms with Crippen molar-refractivity contribution in [2.75, 3.05) is 24.5 Å². The fourth-order valence-corrected chi connectivity index (χ4v) is 3.52. The van der Waals surface area contributed by atoms with Crippen LogP contribution in [0.15, 0.2) is 42.5 Å². The van der Waals surface area contributed by atoms with E-state index in [0.717, 1.165) is 37.1 Å². The zero-order valence-electron chi connectivity index (χ0n) is 17.4. The molecule has 0 radical (unpaired) electrons. The van der Waals surface area contributed by atoms with Gasteiger partial charge >= 0.3 is 0 Å². The number of aryl methyl sites for hydroxylation is 1. The van der Waals surface area contributed by atoms with Crippen LogP contribution in [0.3, 0.4) is 0 Å². The van der Waals surface area contributed by atoms with Gasteiger partial charge in [0.2, 0.25) is 5.91 Å². The third kappa shape index (κ3) is 5.73. The van der Waals surface area contributed by atoms with Gasteiger partial charge in [0, 0.05) is 42.4 Å². The zero-order valence-corrected chi connectivity index (χ0v) is 17.4. The summed E-state index contributed by atoms with van der Waals surface area (Å²) in [5.41, 5.74) is 9.16. The minimum Gasteiger partial charge on any atom is -0.384 e. The highest BCUT2D eigenvalue weighted by atomic mass is 16.2. The van der Waals surface area contributed by atoms with Crippen molar-refractivity contribution in [2.45, 2.75) is 34.1 Å². The summed E-state index contributed by atoms with van der Waals surface area (Å²) in [5, 5.41) is 7.57. The molecule has 0 aliphatic carbocycles. The molecule has 0 unspecified atom stereocenters. The molecule has 31 heavy (non-hydrogen) atoms. The number of amides is 2. The van der Waals surface area contributed by atoms with Crippen LogP contribution in [-0.2, 0) is 4.79 Å². The van der Waals surface area contributed by atoms with Gasteiger partial charge in [0.25, 0.3) is 5.91 Å². The van der Waals surface area contributed by atoms with Crippen molar-refractivity contribution >= 4 is 23.3 Å². The van der Waals surface area contributed by atoms with Crippen molar-refractivity contribution in [1.82, 2.24) is 4.90 Å². The largest absolute Gasteiger partial charge is 0.384 e. The summed E-state index contributed by atoms with van der Waals surface area (Å²) in [7, 11) is 0. The molecule has 162 valence electrons. The Kier molecular flexibility index (Phi) is 7.98. The Morgan fingerprint density at radius 1 is 1.16 bits per heavy atom. The molecule has 0 bridgehead atoms.